The maximum absolute atomic E-state index is 11.7. The normalized spacial score (nSPS) is 13.0. The van der Waals surface area contributed by atoms with E-state index < -0.39 is 0 Å². The van der Waals surface area contributed by atoms with Crippen molar-refractivity contribution in [2.24, 2.45) is 4.99 Å². The molecule has 0 aliphatic heterocycles. The standard InChI is InChI=1S/C17H31N5O2/c1-6-18-17(20-13-16(23)21(4)5)19-12-14(22(7-2)8-3)15-10-9-11-24-15/h9-11,14H,6-8,12-13H2,1-5H3,(H2,18,19,20). The van der Waals surface area contributed by atoms with Crippen LogP contribution >= 0.6 is 0 Å². The minimum atomic E-state index is -0.0291. The molecule has 1 heterocycles. The molecule has 1 atom stereocenters. The van der Waals surface area contributed by atoms with Crippen LogP contribution in [-0.4, -0.2) is 68.5 Å². The Labute approximate surface area is 145 Å². The zero-order chi connectivity index (χ0) is 17.9. The number of hydrogen-bond donors (Lipinski definition) is 2. The first-order chi connectivity index (χ1) is 11.5. The highest BCUT2D eigenvalue weighted by Crippen LogP contribution is 2.20. The summed E-state index contributed by atoms with van der Waals surface area (Å²) < 4.78 is 5.60. The van der Waals surface area contributed by atoms with Crippen molar-refractivity contribution in [3.63, 3.8) is 0 Å². The number of furan rings is 1. The van der Waals surface area contributed by atoms with Crippen molar-refractivity contribution in [3.05, 3.63) is 24.2 Å². The summed E-state index contributed by atoms with van der Waals surface area (Å²) >= 11 is 0. The summed E-state index contributed by atoms with van der Waals surface area (Å²) in [4.78, 5) is 19.9. The third kappa shape index (κ3) is 6.23. The second-order valence-electron chi connectivity index (χ2n) is 5.62. The molecule has 0 bridgehead atoms. The van der Waals surface area contributed by atoms with Crippen LogP contribution in [0.4, 0.5) is 0 Å². The zero-order valence-electron chi connectivity index (χ0n) is 15.5. The number of carbonyl (C=O) groups is 1. The molecule has 24 heavy (non-hydrogen) atoms. The monoisotopic (exact) mass is 337 g/mol. The third-order valence-electron chi connectivity index (χ3n) is 3.80. The van der Waals surface area contributed by atoms with Gasteiger partial charge in [0.05, 0.1) is 12.3 Å². The van der Waals surface area contributed by atoms with Crippen LogP contribution in [0.5, 0.6) is 0 Å². The Morgan fingerprint density at radius 2 is 1.96 bits per heavy atom. The summed E-state index contributed by atoms with van der Waals surface area (Å²) in [6.45, 7) is 9.63. The lowest BCUT2D eigenvalue weighted by atomic mass is 10.2. The molecule has 0 radical (unpaired) electrons. The number of nitrogens with zero attached hydrogens (tertiary/aromatic N) is 3. The van der Waals surface area contributed by atoms with E-state index in [1.807, 2.05) is 19.1 Å². The first kappa shape index (κ1) is 20.0. The molecular formula is C17H31N5O2. The second-order valence-corrected chi connectivity index (χ2v) is 5.62. The number of nitrogens with one attached hydrogen (secondary N) is 2. The molecule has 0 spiro atoms. The molecule has 1 rings (SSSR count). The van der Waals surface area contributed by atoms with Crippen LogP contribution in [0.25, 0.3) is 0 Å². The molecule has 2 N–H and O–H groups in total. The van der Waals surface area contributed by atoms with Crippen LogP contribution in [0.1, 0.15) is 32.6 Å². The number of rotatable bonds is 9. The molecule has 136 valence electrons. The molecule has 1 aromatic heterocycles. The molecule has 0 aliphatic rings. The lowest BCUT2D eigenvalue weighted by Gasteiger charge is -2.28. The predicted molar refractivity (Wildman–Crippen MR) is 97.0 cm³/mol. The molecule has 0 aliphatic carbocycles. The number of aliphatic imine (C=N–C) groups is 1. The zero-order valence-corrected chi connectivity index (χ0v) is 15.5. The van der Waals surface area contributed by atoms with Gasteiger partial charge in [-0.05, 0) is 32.1 Å². The Morgan fingerprint density at radius 3 is 2.46 bits per heavy atom. The van der Waals surface area contributed by atoms with E-state index in [2.05, 4.69) is 34.4 Å². The van der Waals surface area contributed by atoms with Gasteiger partial charge in [0.25, 0.3) is 0 Å². The van der Waals surface area contributed by atoms with Crippen molar-refractivity contribution in [3.8, 4) is 0 Å². The van der Waals surface area contributed by atoms with Crippen LogP contribution in [0.2, 0.25) is 0 Å². The molecule has 7 heteroatoms. The van der Waals surface area contributed by atoms with Gasteiger partial charge >= 0.3 is 0 Å². The first-order valence-electron chi connectivity index (χ1n) is 8.53. The van der Waals surface area contributed by atoms with Gasteiger partial charge in [-0.2, -0.15) is 0 Å². The van der Waals surface area contributed by atoms with Gasteiger partial charge < -0.3 is 20.0 Å². The second kappa shape index (κ2) is 10.7. The Balaban J connectivity index is 2.77. The van der Waals surface area contributed by atoms with Crippen molar-refractivity contribution < 1.29 is 9.21 Å². The van der Waals surface area contributed by atoms with Crippen molar-refractivity contribution in [2.45, 2.75) is 26.8 Å². The molecule has 1 amide bonds. The third-order valence-corrected chi connectivity index (χ3v) is 3.80. The van der Waals surface area contributed by atoms with E-state index in [-0.39, 0.29) is 18.5 Å². The number of guanidine groups is 1. The van der Waals surface area contributed by atoms with Gasteiger partial charge in [0.15, 0.2) is 5.96 Å². The van der Waals surface area contributed by atoms with E-state index >= 15 is 0 Å². The first-order valence-corrected chi connectivity index (χ1v) is 8.53. The number of carbonyl (C=O) groups excluding carboxylic acids is 1. The predicted octanol–water partition coefficient (Wildman–Crippen LogP) is 1.31. The van der Waals surface area contributed by atoms with Gasteiger partial charge in [-0.3, -0.25) is 9.69 Å². The summed E-state index contributed by atoms with van der Waals surface area (Å²) in [7, 11) is 3.46. The van der Waals surface area contributed by atoms with E-state index in [0.717, 1.165) is 25.4 Å². The number of amides is 1. The van der Waals surface area contributed by atoms with Gasteiger partial charge in [0.2, 0.25) is 5.91 Å². The van der Waals surface area contributed by atoms with E-state index in [9.17, 15) is 4.79 Å². The lowest BCUT2D eigenvalue weighted by molar-refractivity contribution is -0.127. The SMILES string of the molecule is CCNC(=NCC(=O)N(C)C)NCC(c1ccco1)N(CC)CC. The van der Waals surface area contributed by atoms with E-state index in [1.165, 1.54) is 4.90 Å². The molecule has 0 aromatic carbocycles. The smallest absolute Gasteiger partial charge is 0.243 e. The number of hydrogen-bond acceptors (Lipinski definition) is 4. The van der Waals surface area contributed by atoms with Gasteiger partial charge in [-0.1, -0.05) is 13.8 Å². The molecule has 0 saturated carbocycles. The molecular weight excluding hydrogens is 306 g/mol. The maximum atomic E-state index is 11.7. The van der Waals surface area contributed by atoms with Crippen LogP contribution in [-0.2, 0) is 4.79 Å². The molecule has 1 unspecified atom stereocenters. The van der Waals surface area contributed by atoms with Crippen LogP contribution in [0.3, 0.4) is 0 Å². The van der Waals surface area contributed by atoms with Crippen molar-refractivity contribution >= 4 is 11.9 Å². The van der Waals surface area contributed by atoms with Crippen molar-refractivity contribution in [1.82, 2.24) is 20.4 Å². The Kier molecular flexibility index (Phi) is 8.93. The molecule has 0 fully saturated rings. The number of likely N-dealkylation sites (N-methyl/N-ethyl adjacent to an activating group) is 2. The van der Waals surface area contributed by atoms with E-state index in [1.54, 1.807) is 20.4 Å². The highest BCUT2D eigenvalue weighted by molar-refractivity contribution is 5.84. The van der Waals surface area contributed by atoms with Gasteiger partial charge in [-0.15, -0.1) is 0 Å². The summed E-state index contributed by atoms with van der Waals surface area (Å²) in [5.41, 5.74) is 0. The Bertz CT molecular complexity index is 495. The maximum Gasteiger partial charge on any atom is 0.243 e. The molecule has 7 nitrogen and oxygen atoms in total. The largest absolute Gasteiger partial charge is 0.468 e. The van der Waals surface area contributed by atoms with Gasteiger partial charge in [0.1, 0.15) is 12.3 Å². The fourth-order valence-electron chi connectivity index (χ4n) is 2.38. The lowest BCUT2D eigenvalue weighted by Crippen LogP contribution is -2.43. The van der Waals surface area contributed by atoms with E-state index in [0.29, 0.717) is 12.5 Å². The Morgan fingerprint density at radius 1 is 1.25 bits per heavy atom. The minimum Gasteiger partial charge on any atom is -0.468 e. The van der Waals surface area contributed by atoms with Gasteiger partial charge in [-0.25, -0.2) is 4.99 Å². The van der Waals surface area contributed by atoms with Crippen molar-refractivity contribution in [2.75, 3.05) is 46.8 Å². The Hall–Kier alpha value is -2.02. The highest BCUT2D eigenvalue weighted by atomic mass is 16.3. The highest BCUT2D eigenvalue weighted by Gasteiger charge is 2.20. The van der Waals surface area contributed by atoms with Gasteiger partial charge in [0, 0.05) is 27.2 Å². The topological polar surface area (TPSA) is 73.1 Å². The molecule has 1 aromatic rings. The quantitative estimate of drug-likeness (QED) is 0.525. The van der Waals surface area contributed by atoms with Crippen LogP contribution in [0.15, 0.2) is 27.8 Å². The van der Waals surface area contributed by atoms with Crippen LogP contribution in [0, 0.1) is 0 Å². The summed E-state index contributed by atoms with van der Waals surface area (Å²) in [5, 5.41) is 6.49. The average Bonchev–Trinajstić information content (AvgIpc) is 3.09. The molecule has 0 saturated heterocycles. The summed E-state index contributed by atoms with van der Waals surface area (Å²) in [6.07, 6.45) is 1.70. The summed E-state index contributed by atoms with van der Waals surface area (Å²) in [5.74, 6) is 1.53. The van der Waals surface area contributed by atoms with Crippen LogP contribution < -0.4 is 10.6 Å². The minimum absolute atomic E-state index is 0.0291. The fraction of sp³-hybridized carbons (Fsp3) is 0.647. The average molecular weight is 337 g/mol. The fourth-order valence-corrected chi connectivity index (χ4v) is 2.38. The summed E-state index contributed by atoms with van der Waals surface area (Å²) in [6, 6.07) is 4.01. The van der Waals surface area contributed by atoms with E-state index in [4.69, 9.17) is 4.42 Å². The van der Waals surface area contributed by atoms with Crippen molar-refractivity contribution in [1.29, 1.82) is 0 Å².